The first-order chi connectivity index (χ1) is 10.2. The van der Waals surface area contributed by atoms with Crippen LogP contribution in [0.15, 0.2) is 18.2 Å². The first-order valence-corrected chi connectivity index (χ1v) is 8.40. The van der Waals surface area contributed by atoms with Gasteiger partial charge in [0.1, 0.15) is 0 Å². The number of amides is 2. The number of rotatable bonds is 3. The molecule has 0 spiro atoms. The van der Waals surface area contributed by atoms with Crippen LogP contribution in [0.2, 0.25) is 0 Å². The third kappa shape index (κ3) is 3.77. The molecule has 1 aromatic rings. The van der Waals surface area contributed by atoms with Crippen LogP contribution >= 0.6 is 11.8 Å². The first kappa shape index (κ1) is 14.4. The summed E-state index contributed by atoms with van der Waals surface area (Å²) in [5.41, 5.74) is 2.74. The lowest BCUT2D eigenvalue weighted by atomic mass is 10.0. The number of nitrogens with one attached hydrogen (secondary N) is 3. The molecule has 0 aliphatic carbocycles. The van der Waals surface area contributed by atoms with E-state index in [-0.39, 0.29) is 17.9 Å². The van der Waals surface area contributed by atoms with Crippen molar-refractivity contribution in [1.82, 2.24) is 5.32 Å². The fraction of sp³-hybridized carbons (Fsp3) is 0.467. The zero-order valence-corrected chi connectivity index (χ0v) is 12.6. The van der Waals surface area contributed by atoms with Gasteiger partial charge in [-0.25, -0.2) is 0 Å². The van der Waals surface area contributed by atoms with E-state index in [4.69, 9.17) is 0 Å². The van der Waals surface area contributed by atoms with Crippen molar-refractivity contribution in [2.24, 2.45) is 0 Å². The number of anilines is 2. The molecule has 3 N–H and O–H groups in total. The van der Waals surface area contributed by atoms with Gasteiger partial charge in [-0.15, -0.1) is 0 Å². The van der Waals surface area contributed by atoms with Crippen molar-refractivity contribution in [2.75, 3.05) is 28.7 Å². The quantitative estimate of drug-likeness (QED) is 0.793. The van der Waals surface area contributed by atoms with Crippen molar-refractivity contribution in [1.29, 1.82) is 0 Å². The van der Waals surface area contributed by atoms with E-state index in [1.165, 1.54) is 0 Å². The fourth-order valence-electron chi connectivity index (χ4n) is 2.65. The lowest BCUT2D eigenvalue weighted by Gasteiger charge is -2.22. The van der Waals surface area contributed by atoms with Gasteiger partial charge in [0.05, 0.1) is 0 Å². The summed E-state index contributed by atoms with van der Waals surface area (Å²) in [6, 6.07) is 5.92. The maximum atomic E-state index is 12.1. The minimum absolute atomic E-state index is 0.0368. The second-order valence-corrected chi connectivity index (χ2v) is 6.55. The molecule has 0 aromatic heterocycles. The minimum atomic E-state index is 0.0368. The van der Waals surface area contributed by atoms with Gasteiger partial charge in [-0.1, -0.05) is 0 Å². The third-order valence-electron chi connectivity index (χ3n) is 3.71. The number of hydrogen-bond donors (Lipinski definition) is 3. The lowest BCUT2D eigenvalue weighted by Crippen LogP contribution is -2.39. The van der Waals surface area contributed by atoms with E-state index in [1.54, 1.807) is 0 Å². The van der Waals surface area contributed by atoms with Crippen LogP contribution in [0.5, 0.6) is 0 Å². The predicted molar refractivity (Wildman–Crippen MR) is 85.8 cm³/mol. The molecular formula is C15H19N3O2S. The molecular weight excluding hydrogens is 286 g/mol. The highest BCUT2D eigenvalue weighted by Gasteiger charge is 2.18. The molecule has 3 rings (SSSR count). The number of hydrogen-bond acceptors (Lipinski definition) is 4. The van der Waals surface area contributed by atoms with Gasteiger partial charge in [0, 0.05) is 48.3 Å². The predicted octanol–water partition coefficient (Wildman–Crippen LogP) is 1.60. The van der Waals surface area contributed by atoms with Crippen molar-refractivity contribution in [3.8, 4) is 0 Å². The average Bonchev–Trinajstić information content (AvgIpc) is 2.48. The summed E-state index contributed by atoms with van der Waals surface area (Å²) in [4.78, 5) is 23.4. The molecule has 2 heterocycles. The Morgan fingerprint density at radius 3 is 3.10 bits per heavy atom. The molecule has 2 aliphatic heterocycles. The maximum absolute atomic E-state index is 12.1. The van der Waals surface area contributed by atoms with Crippen LogP contribution in [-0.4, -0.2) is 35.9 Å². The summed E-state index contributed by atoms with van der Waals surface area (Å²) in [7, 11) is 0. The molecule has 1 saturated heterocycles. The SMILES string of the molecule is O=C(CC1CSCCN1)Nc1ccc2c(c1)CCC(=O)N2. The van der Waals surface area contributed by atoms with Crippen molar-refractivity contribution in [3.63, 3.8) is 0 Å². The van der Waals surface area contributed by atoms with Gasteiger partial charge in [-0.2, -0.15) is 11.8 Å². The molecule has 112 valence electrons. The Labute approximate surface area is 128 Å². The van der Waals surface area contributed by atoms with Crippen molar-refractivity contribution >= 4 is 35.0 Å². The lowest BCUT2D eigenvalue weighted by molar-refractivity contribution is -0.117. The van der Waals surface area contributed by atoms with Gasteiger partial charge in [-0.3, -0.25) is 9.59 Å². The van der Waals surface area contributed by atoms with E-state index in [2.05, 4.69) is 16.0 Å². The highest BCUT2D eigenvalue weighted by molar-refractivity contribution is 7.99. The Hall–Kier alpha value is -1.53. The molecule has 1 atom stereocenters. The third-order valence-corrected chi connectivity index (χ3v) is 4.85. The van der Waals surface area contributed by atoms with Crippen LogP contribution in [0.1, 0.15) is 18.4 Å². The number of thioether (sulfide) groups is 1. The fourth-order valence-corrected chi connectivity index (χ4v) is 3.60. The maximum Gasteiger partial charge on any atom is 0.225 e. The van der Waals surface area contributed by atoms with E-state index >= 15 is 0 Å². The Balaban J connectivity index is 1.59. The second-order valence-electron chi connectivity index (χ2n) is 5.40. The Bertz CT molecular complexity index is 556. The van der Waals surface area contributed by atoms with Crippen LogP contribution in [0.3, 0.4) is 0 Å². The highest BCUT2D eigenvalue weighted by atomic mass is 32.2. The molecule has 2 aliphatic rings. The Morgan fingerprint density at radius 1 is 1.38 bits per heavy atom. The van der Waals surface area contributed by atoms with Crippen LogP contribution in [0, 0.1) is 0 Å². The van der Waals surface area contributed by atoms with Gasteiger partial charge in [0.25, 0.3) is 0 Å². The van der Waals surface area contributed by atoms with E-state index in [0.29, 0.717) is 12.8 Å². The summed E-state index contributed by atoms with van der Waals surface area (Å²) in [6.07, 6.45) is 1.74. The minimum Gasteiger partial charge on any atom is -0.326 e. The standard InChI is InChI=1S/C15H19N3O2S/c19-14-4-1-10-7-11(2-3-13(10)18-14)17-15(20)8-12-9-21-6-5-16-12/h2-3,7,12,16H,1,4-6,8-9H2,(H,17,20)(H,18,19). The number of aryl methyl sites for hydroxylation is 1. The van der Waals surface area contributed by atoms with Crippen LogP contribution in [0.25, 0.3) is 0 Å². The number of carbonyl (C=O) groups is 2. The molecule has 1 unspecified atom stereocenters. The molecule has 0 bridgehead atoms. The Kier molecular flexibility index (Phi) is 4.45. The van der Waals surface area contributed by atoms with Crippen molar-refractivity contribution < 1.29 is 9.59 Å². The monoisotopic (exact) mass is 305 g/mol. The van der Waals surface area contributed by atoms with Crippen LogP contribution in [0.4, 0.5) is 11.4 Å². The van der Waals surface area contributed by atoms with E-state index in [9.17, 15) is 9.59 Å². The van der Waals surface area contributed by atoms with Crippen LogP contribution < -0.4 is 16.0 Å². The summed E-state index contributed by atoms with van der Waals surface area (Å²) >= 11 is 1.89. The molecule has 1 aromatic carbocycles. The number of benzene rings is 1. The normalized spacial score (nSPS) is 21.3. The molecule has 0 radical (unpaired) electrons. The van der Waals surface area contributed by atoms with Gasteiger partial charge < -0.3 is 16.0 Å². The van der Waals surface area contributed by atoms with Gasteiger partial charge in [0.2, 0.25) is 11.8 Å². The zero-order chi connectivity index (χ0) is 14.7. The number of carbonyl (C=O) groups excluding carboxylic acids is 2. The molecule has 5 nitrogen and oxygen atoms in total. The second kappa shape index (κ2) is 6.49. The smallest absolute Gasteiger partial charge is 0.225 e. The average molecular weight is 305 g/mol. The summed E-state index contributed by atoms with van der Waals surface area (Å²) in [6.45, 7) is 0.973. The largest absolute Gasteiger partial charge is 0.326 e. The molecule has 1 fully saturated rings. The van der Waals surface area contributed by atoms with Gasteiger partial charge >= 0.3 is 0 Å². The topological polar surface area (TPSA) is 70.2 Å². The molecule has 6 heteroatoms. The van der Waals surface area contributed by atoms with Crippen molar-refractivity contribution in [3.05, 3.63) is 23.8 Å². The van der Waals surface area contributed by atoms with E-state index in [0.717, 1.165) is 41.4 Å². The van der Waals surface area contributed by atoms with E-state index < -0.39 is 0 Å². The van der Waals surface area contributed by atoms with Gasteiger partial charge in [0.15, 0.2) is 0 Å². The molecule has 0 saturated carbocycles. The molecule has 2 amide bonds. The van der Waals surface area contributed by atoms with Crippen molar-refractivity contribution in [2.45, 2.75) is 25.3 Å². The number of fused-ring (bicyclic) bond motifs is 1. The van der Waals surface area contributed by atoms with Gasteiger partial charge in [-0.05, 0) is 30.2 Å². The summed E-state index contributed by atoms with van der Waals surface area (Å²) < 4.78 is 0. The molecule has 21 heavy (non-hydrogen) atoms. The first-order valence-electron chi connectivity index (χ1n) is 7.24. The van der Waals surface area contributed by atoms with E-state index in [1.807, 2.05) is 30.0 Å². The van der Waals surface area contributed by atoms with Crippen LogP contribution in [-0.2, 0) is 16.0 Å². The highest BCUT2D eigenvalue weighted by Crippen LogP contribution is 2.25. The summed E-state index contributed by atoms with van der Waals surface area (Å²) in [5.74, 6) is 2.20. The summed E-state index contributed by atoms with van der Waals surface area (Å²) in [5, 5.41) is 9.15. The zero-order valence-electron chi connectivity index (χ0n) is 11.8. The Morgan fingerprint density at radius 2 is 2.29 bits per heavy atom.